The molecule has 10 nitrogen and oxygen atoms in total. The Morgan fingerprint density at radius 2 is 1.79 bits per heavy atom. The number of hydrogen-bond acceptors (Lipinski definition) is 7. The van der Waals surface area contributed by atoms with Crippen molar-refractivity contribution in [1.29, 1.82) is 0 Å². The Balaban J connectivity index is 1.57. The highest BCUT2D eigenvalue weighted by Gasteiger charge is 2.22. The summed E-state index contributed by atoms with van der Waals surface area (Å²) in [5, 5.41) is 15.8. The van der Waals surface area contributed by atoms with Crippen LogP contribution in [0.5, 0.6) is 0 Å². The number of anilines is 2. The second kappa shape index (κ2) is 9.73. The van der Waals surface area contributed by atoms with Crippen LogP contribution >= 0.6 is 11.6 Å². The van der Waals surface area contributed by atoms with E-state index in [9.17, 15) is 18.5 Å². The minimum absolute atomic E-state index is 0.0679. The van der Waals surface area contributed by atoms with Gasteiger partial charge in [-0.05, 0) is 48.0 Å². The van der Waals surface area contributed by atoms with E-state index in [1.54, 1.807) is 12.5 Å². The van der Waals surface area contributed by atoms with Crippen LogP contribution in [0.3, 0.4) is 0 Å². The predicted molar refractivity (Wildman–Crippen MR) is 130 cm³/mol. The summed E-state index contributed by atoms with van der Waals surface area (Å²) in [5.74, 6) is 0. The Kier molecular flexibility index (Phi) is 6.57. The van der Waals surface area contributed by atoms with Crippen molar-refractivity contribution in [3.8, 4) is 5.69 Å². The molecule has 2 N–H and O–H groups in total. The number of benzene rings is 3. The number of nitrogens with one attached hydrogen (secondary N) is 2. The largest absolute Gasteiger partial charge is 0.306 e. The van der Waals surface area contributed by atoms with Crippen LogP contribution in [-0.4, -0.2) is 29.1 Å². The van der Waals surface area contributed by atoms with E-state index in [2.05, 4.69) is 20.2 Å². The van der Waals surface area contributed by atoms with Crippen molar-refractivity contribution < 1.29 is 13.3 Å². The number of nitrogens with zero attached hydrogens (tertiary/aromatic N) is 4. The summed E-state index contributed by atoms with van der Waals surface area (Å²) in [6.45, 7) is 0. The van der Waals surface area contributed by atoms with Crippen molar-refractivity contribution in [2.45, 2.75) is 4.90 Å². The van der Waals surface area contributed by atoms with Crippen LogP contribution in [0.2, 0.25) is 5.02 Å². The highest BCUT2D eigenvalue weighted by atomic mass is 35.5. The maximum atomic E-state index is 13.0. The first-order valence-electron chi connectivity index (χ1n) is 9.76. The number of rotatable bonds is 8. The van der Waals surface area contributed by atoms with Gasteiger partial charge in [0.2, 0.25) is 0 Å². The molecule has 0 aliphatic rings. The first-order chi connectivity index (χ1) is 16.3. The topological polar surface area (TPSA) is 132 Å². The van der Waals surface area contributed by atoms with Gasteiger partial charge in [0.15, 0.2) is 0 Å². The third-order valence-corrected chi connectivity index (χ3v) is 6.33. The molecule has 172 valence electrons. The van der Waals surface area contributed by atoms with Gasteiger partial charge in [0, 0.05) is 40.9 Å². The number of hydrazone groups is 1. The SMILES string of the molecule is O=[N+]([O-])c1ccc(N/N=C/c2ccc(-n3ccnc3)cc2)c(S(=O)(=O)Nc2ccc(Cl)cc2)c1. The smallest absolute Gasteiger partial charge is 0.270 e. The molecule has 0 bridgehead atoms. The molecule has 0 fully saturated rings. The van der Waals surface area contributed by atoms with Crippen molar-refractivity contribution in [2.75, 3.05) is 10.1 Å². The Bertz CT molecular complexity index is 1440. The fourth-order valence-corrected chi connectivity index (χ4v) is 4.35. The monoisotopic (exact) mass is 496 g/mol. The lowest BCUT2D eigenvalue weighted by atomic mass is 10.2. The lowest BCUT2D eigenvalue weighted by Gasteiger charge is -2.12. The molecule has 0 aliphatic heterocycles. The molecule has 3 aromatic carbocycles. The summed E-state index contributed by atoms with van der Waals surface area (Å²) in [7, 11) is -4.18. The molecule has 0 spiro atoms. The zero-order valence-electron chi connectivity index (χ0n) is 17.4. The van der Waals surface area contributed by atoms with Crippen LogP contribution in [0.15, 0.2) is 95.4 Å². The molecule has 0 aliphatic carbocycles. The van der Waals surface area contributed by atoms with Crippen LogP contribution in [-0.2, 0) is 10.0 Å². The summed E-state index contributed by atoms with van der Waals surface area (Å²) < 4.78 is 30.2. The zero-order valence-corrected chi connectivity index (χ0v) is 18.9. The Morgan fingerprint density at radius 1 is 1.06 bits per heavy atom. The van der Waals surface area contributed by atoms with Crippen molar-refractivity contribution in [2.24, 2.45) is 5.10 Å². The van der Waals surface area contributed by atoms with Crippen molar-refractivity contribution >= 4 is 44.9 Å². The summed E-state index contributed by atoms with van der Waals surface area (Å²) in [4.78, 5) is 14.2. The summed E-state index contributed by atoms with van der Waals surface area (Å²) in [5.41, 5.74) is 4.28. The van der Waals surface area contributed by atoms with E-state index >= 15 is 0 Å². The molecule has 12 heteroatoms. The molecule has 0 amide bonds. The van der Waals surface area contributed by atoms with E-state index in [0.29, 0.717) is 5.02 Å². The first kappa shape index (κ1) is 23.0. The molecule has 1 aromatic heterocycles. The Hall–Kier alpha value is -4.22. The molecule has 34 heavy (non-hydrogen) atoms. The van der Waals surface area contributed by atoms with Crippen LogP contribution < -0.4 is 10.1 Å². The van der Waals surface area contributed by atoms with E-state index in [1.165, 1.54) is 42.6 Å². The fraction of sp³-hybridized carbons (Fsp3) is 0. The summed E-state index contributed by atoms with van der Waals surface area (Å²) >= 11 is 5.84. The predicted octanol–water partition coefficient (Wildman–Crippen LogP) is 4.68. The van der Waals surface area contributed by atoms with E-state index in [0.717, 1.165) is 17.3 Å². The molecule has 4 aromatic rings. The number of nitro groups is 1. The molecule has 0 radical (unpaired) electrons. The molecule has 0 atom stereocenters. The third kappa shape index (κ3) is 5.39. The van der Waals surface area contributed by atoms with Gasteiger partial charge in [-0.2, -0.15) is 5.10 Å². The van der Waals surface area contributed by atoms with Gasteiger partial charge in [-0.1, -0.05) is 23.7 Å². The third-order valence-electron chi connectivity index (χ3n) is 4.66. The molecular weight excluding hydrogens is 480 g/mol. The Labute approximate surface area is 199 Å². The van der Waals surface area contributed by atoms with Gasteiger partial charge < -0.3 is 4.57 Å². The number of non-ortho nitro benzene ring substituents is 1. The van der Waals surface area contributed by atoms with E-state index in [4.69, 9.17) is 11.6 Å². The molecule has 0 unspecified atom stereocenters. The number of aromatic nitrogens is 2. The number of halogens is 1. The van der Waals surface area contributed by atoms with E-state index < -0.39 is 14.9 Å². The van der Waals surface area contributed by atoms with E-state index in [-0.39, 0.29) is 22.0 Å². The van der Waals surface area contributed by atoms with Crippen molar-refractivity contribution in [3.63, 3.8) is 0 Å². The summed E-state index contributed by atoms with van der Waals surface area (Å²) in [6.07, 6.45) is 6.68. The average Bonchev–Trinajstić information content (AvgIpc) is 3.36. The second-order valence-corrected chi connectivity index (χ2v) is 9.07. The highest BCUT2D eigenvalue weighted by Crippen LogP contribution is 2.28. The average molecular weight is 497 g/mol. The van der Waals surface area contributed by atoms with Crippen LogP contribution in [0.1, 0.15) is 5.56 Å². The lowest BCUT2D eigenvalue weighted by Crippen LogP contribution is -2.15. The van der Waals surface area contributed by atoms with Gasteiger partial charge in [-0.3, -0.25) is 20.3 Å². The maximum absolute atomic E-state index is 13.0. The van der Waals surface area contributed by atoms with Crippen LogP contribution in [0, 0.1) is 10.1 Å². The van der Waals surface area contributed by atoms with Gasteiger partial charge in [0.25, 0.3) is 15.7 Å². The lowest BCUT2D eigenvalue weighted by molar-refractivity contribution is -0.385. The van der Waals surface area contributed by atoms with Crippen LogP contribution in [0.25, 0.3) is 5.69 Å². The molecular formula is C22H17ClN6O4S. The number of sulfonamides is 1. The normalized spacial score (nSPS) is 11.4. The first-order valence-corrected chi connectivity index (χ1v) is 11.6. The van der Waals surface area contributed by atoms with Crippen molar-refractivity contribution in [3.05, 3.63) is 106 Å². The molecule has 4 rings (SSSR count). The second-order valence-electron chi connectivity index (χ2n) is 6.98. The maximum Gasteiger partial charge on any atom is 0.270 e. The van der Waals surface area contributed by atoms with Crippen molar-refractivity contribution in [1.82, 2.24) is 9.55 Å². The molecule has 1 heterocycles. The highest BCUT2D eigenvalue weighted by molar-refractivity contribution is 7.92. The number of nitro benzene ring substituents is 1. The van der Waals surface area contributed by atoms with Gasteiger partial charge in [0.05, 0.1) is 23.2 Å². The number of imidazole rings is 1. The van der Waals surface area contributed by atoms with E-state index in [1.807, 2.05) is 35.0 Å². The van der Waals surface area contributed by atoms with Gasteiger partial charge in [-0.25, -0.2) is 13.4 Å². The summed E-state index contributed by atoms with van der Waals surface area (Å²) in [6, 6.07) is 16.9. The minimum atomic E-state index is -4.18. The van der Waals surface area contributed by atoms with Gasteiger partial charge in [-0.15, -0.1) is 0 Å². The van der Waals surface area contributed by atoms with Gasteiger partial charge >= 0.3 is 0 Å². The molecule has 0 saturated carbocycles. The quantitative estimate of drug-likeness (QED) is 0.207. The van der Waals surface area contributed by atoms with Crippen LogP contribution in [0.4, 0.5) is 17.1 Å². The minimum Gasteiger partial charge on any atom is -0.306 e. The standard InChI is InChI=1S/C22H17ClN6O4S/c23-17-3-5-18(6-4-17)27-34(32,33)22-13-20(29(30)31)9-10-21(22)26-25-14-16-1-7-19(8-2-16)28-12-11-24-15-28/h1-15,26-27H/b25-14+. The zero-order chi connectivity index (χ0) is 24.1. The fourth-order valence-electron chi connectivity index (χ4n) is 2.99. The number of hydrogen-bond donors (Lipinski definition) is 2. The molecule has 0 saturated heterocycles. The van der Waals surface area contributed by atoms with Gasteiger partial charge in [0.1, 0.15) is 4.90 Å². The Morgan fingerprint density at radius 3 is 2.44 bits per heavy atom.